The minimum atomic E-state index is 0.000587. The summed E-state index contributed by atoms with van der Waals surface area (Å²) in [5.74, 6) is 1.59. The zero-order chi connectivity index (χ0) is 18.6. The molecule has 1 aromatic carbocycles. The molecule has 2 aliphatic rings. The van der Waals surface area contributed by atoms with Gasteiger partial charge in [-0.1, -0.05) is 18.2 Å². The maximum absolute atomic E-state index is 12.7. The molecule has 144 valence electrons. The van der Waals surface area contributed by atoms with Gasteiger partial charge in [0.2, 0.25) is 5.95 Å². The first-order valence-electron chi connectivity index (χ1n) is 9.53. The van der Waals surface area contributed by atoms with Crippen molar-refractivity contribution in [3.63, 3.8) is 0 Å². The van der Waals surface area contributed by atoms with Crippen molar-refractivity contribution >= 4 is 5.95 Å². The van der Waals surface area contributed by atoms with Crippen LogP contribution in [0.4, 0.5) is 5.95 Å². The van der Waals surface area contributed by atoms with Crippen LogP contribution in [0.15, 0.2) is 29.1 Å². The van der Waals surface area contributed by atoms with Crippen LogP contribution in [-0.2, 0) is 24.1 Å². The third-order valence-corrected chi connectivity index (χ3v) is 5.33. The van der Waals surface area contributed by atoms with Crippen LogP contribution in [0.3, 0.4) is 0 Å². The van der Waals surface area contributed by atoms with E-state index in [0.29, 0.717) is 19.2 Å². The molecule has 1 N–H and O–H groups in total. The monoisotopic (exact) mass is 370 g/mol. The first-order chi connectivity index (χ1) is 13.2. The number of aromatic amines is 1. The van der Waals surface area contributed by atoms with Crippen molar-refractivity contribution in [2.45, 2.75) is 19.4 Å². The molecule has 0 bridgehead atoms. The summed E-state index contributed by atoms with van der Waals surface area (Å²) in [6.07, 6.45) is 1.50. The van der Waals surface area contributed by atoms with E-state index in [9.17, 15) is 4.79 Å². The van der Waals surface area contributed by atoms with Crippen LogP contribution in [-0.4, -0.2) is 61.4 Å². The number of benzene rings is 1. The van der Waals surface area contributed by atoms with Crippen LogP contribution < -0.4 is 15.2 Å². The van der Waals surface area contributed by atoms with E-state index in [0.717, 1.165) is 62.6 Å². The third kappa shape index (κ3) is 3.99. The third-order valence-electron chi connectivity index (χ3n) is 5.33. The Morgan fingerprint density at radius 2 is 1.93 bits per heavy atom. The molecule has 0 atom stereocenters. The Bertz CT molecular complexity index is 845. The zero-order valence-electron chi connectivity index (χ0n) is 15.7. The number of nitrogens with zero attached hydrogens (tertiary/aromatic N) is 3. The van der Waals surface area contributed by atoms with Gasteiger partial charge in [-0.15, -0.1) is 0 Å². The predicted octanol–water partition coefficient (Wildman–Crippen LogP) is 1.22. The maximum atomic E-state index is 12.7. The summed E-state index contributed by atoms with van der Waals surface area (Å²) in [6.45, 7) is 5.41. The molecule has 1 fully saturated rings. The highest BCUT2D eigenvalue weighted by molar-refractivity contribution is 5.35. The average molecular weight is 370 g/mol. The summed E-state index contributed by atoms with van der Waals surface area (Å²) in [5.41, 5.74) is 2.93. The van der Waals surface area contributed by atoms with Crippen LogP contribution in [0, 0.1) is 0 Å². The summed E-state index contributed by atoms with van der Waals surface area (Å²) in [5, 5.41) is 0. The Balaban J connectivity index is 1.50. The van der Waals surface area contributed by atoms with Gasteiger partial charge in [0, 0.05) is 50.3 Å². The van der Waals surface area contributed by atoms with Crippen molar-refractivity contribution < 1.29 is 9.47 Å². The Hall–Kier alpha value is -2.38. The van der Waals surface area contributed by atoms with Crippen molar-refractivity contribution in [2.75, 3.05) is 51.4 Å². The summed E-state index contributed by atoms with van der Waals surface area (Å²) in [6, 6.07) is 8.10. The van der Waals surface area contributed by atoms with Crippen LogP contribution in [0.5, 0.6) is 5.75 Å². The first kappa shape index (κ1) is 18.0. The number of aromatic nitrogens is 2. The maximum Gasteiger partial charge on any atom is 0.255 e. The van der Waals surface area contributed by atoms with Crippen LogP contribution >= 0.6 is 0 Å². The number of rotatable bonds is 4. The van der Waals surface area contributed by atoms with Gasteiger partial charge in [0.05, 0.1) is 26.0 Å². The largest absolute Gasteiger partial charge is 0.496 e. The van der Waals surface area contributed by atoms with E-state index in [-0.39, 0.29) is 5.56 Å². The first-order valence-corrected chi connectivity index (χ1v) is 9.53. The van der Waals surface area contributed by atoms with Gasteiger partial charge in [-0.3, -0.25) is 14.7 Å². The second-order valence-corrected chi connectivity index (χ2v) is 7.00. The van der Waals surface area contributed by atoms with Crippen LogP contribution in [0.1, 0.15) is 16.8 Å². The van der Waals surface area contributed by atoms with E-state index in [1.54, 1.807) is 7.11 Å². The molecule has 2 aromatic rings. The molecule has 7 heteroatoms. The molecule has 0 saturated carbocycles. The molecule has 27 heavy (non-hydrogen) atoms. The molecule has 1 saturated heterocycles. The highest BCUT2D eigenvalue weighted by Gasteiger charge is 2.21. The smallest absolute Gasteiger partial charge is 0.255 e. The number of hydrogen-bond acceptors (Lipinski definition) is 6. The fourth-order valence-corrected chi connectivity index (χ4v) is 3.80. The molecule has 3 heterocycles. The molecule has 0 aliphatic carbocycles. The molecule has 0 spiro atoms. The Kier molecular flexibility index (Phi) is 5.40. The lowest BCUT2D eigenvalue weighted by molar-refractivity contribution is 0.122. The number of hydrogen-bond donors (Lipinski definition) is 1. The second kappa shape index (κ2) is 8.10. The Morgan fingerprint density at radius 3 is 2.74 bits per heavy atom. The van der Waals surface area contributed by atoms with Gasteiger partial charge in [-0.25, -0.2) is 4.98 Å². The SMILES string of the molecule is COc1ccccc1CN1CCc2nc(N3CCOCC3)[nH]c(=O)c2CC1. The van der Waals surface area contributed by atoms with E-state index in [1.807, 2.05) is 18.2 Å². The lowest BCUT2D eigenvalue weighted by Crippen LogP contribution is -2.38. The van der Waals surface area contributed by atoms with E-state index in [1.165, 1.54) is 5.56 Å². The zero-order valence-corrected chi connectivity index (χ0v) is 15.7. The molecule has 2 aliphatic heterocycles. The van der Waals surface area contributed by atoms with E-state index in [4.69, 9.17) is 14.5 Å². The minimum Gasteiger partial charge on any atom is -0.496 e. The van der Waals surface area contributed by atoms with Crippen LogP contribution in [0.25, 0.3) is 0 Å². The van der Waals surface area contributed by atoms with Crippen molar-refractivity contribution in [2.24, 2.45) is 0 Å². The molecule has 0 unspecified atom stereocenters. The van der Waals surface area contributed by atoms with Crippen molar-refractivity contribution in [3.05, 3.63) is 51.4 Å². The number of H-pyrrole nitrogens is 1. The molecule has 0 amide bonds. The Morgan fingerprint density at radius 1 is 1.15 bits per heavy atom. The Labute approximate surface area is 158 Å². The number of morpholine rings is 1. The molecule has 0 radical (unpaired) electrons. The number of ether oxygens (including phenoxy) is 2. The topological polar surface area (TPSA) is 70.7 Å². The van der Waals surface area contributed by atoms with Gasteiger partial charge < -0.3 is 14.4 Å². The fourth-order valence-electron chi connectivity index (χ4n) is 3.80. The number of nitrogens with one attached hydrogen (secondary N) is 1. The van der Waals surface area contributed by atoms with Gasteiger partial charge in [0.25, 0.3) is 5.56 Å². The van der Waals surface area contributed by atoms with Gasteiger partial charge in [0.1, 0.15) is 5.75 Å². The summed E-state index contributed by atoms with van der Waals surface area (Å²) >= 11 is 0. The molecule has 1 aromatic heterocycles. The summed E-state index contributed by atoms with van der Waals surface area (Å²) < 4.78 is 10.9. The summed E-state index contributed by atoms with van der Waals surface area (Å²) in [4.78, 5) is 24.9. The lowest BCUT2D eigenvalue weighted by atomic mass is 10.1. The van der Waals surface area contributed by atoms with E-state index < -0.39 is 0 Å². The normalized spacial score (nSPS) is 18.0. The second-order valence-electron chi connectivity index (χ2n) is 7.00. The predicted molar refractivity (Wildman–Crippen MR) is 104 cm³/mol. The van der Waals surface area contributed by atoms with E-state index in [2.05, 4.69) is 20.9 Å². The number of para-hydroxylation sites is 1. The van der Waals surface area contributed by atoms with Gasteiger partial charge in [0.15, 0.2) is 0 Å². The van der Waals surface area contributed by atoms with E-state index >= 15 is 0 Å². The standard InChI is InChI=1S/C20H26N4O3/c1-26-18-5-3-2-4-15(18)14-23-8-6-16-17(7-9-23)21-20(22-19(16)25)24-10-12-27-13-11-24/h2-5H,6-14H2,1H3,(H,21,22,25). The number of anilines is 1. The number of methoxy groups -OCH3 is 1. The van der Waals surface area contributed by atoms with Gasteiger partial charge in [-0.05, 0) is 12.5 Å². The molecule has 4 rings (SSSR count). The van der Waals surface area contributed by atoms with Gasteiger partial charge in [-0.2, -0.15) is 0 Å². The fraction of sp³-hybridized carbons (Fsp3) is 0.500. The van der Waals surface area contributed by atoms with Crippen LogP contribution in [0.2, 0.25) is 0 Å². The molecule has 7 nitrogen and oxygen atoms in total. The summed E-state index contributed by atoms with van der Waals surface area (Å²) in [7, 11) is 1.70. The van der Waals surface area contributed by atoms with Gasteiger partial charge >= 0.3 is 0 Å². The van der Waals surface area contributed by atoms with Crippen molar-refractivity contribution in [1.29, 1.82) is 0 Å². The minimum absolute atomic E-state index is 0.000587. The molecular formula is C20H26N4O3. The lowest BCUT2D eigenvalue weighted by Gasteiger charge is -2.27. The highest BCUT2D eigenvalue weighted by atomic mass is 16.5. The van der Waals surface area contributed by atoms with Crippen molar-refractivity contribution in [3.8, 4) is 5.75 Å². The van der Waals surface area contributed by atoms with Crippen molar-refractivity contribution in [1.82, 2.24) is 14.9 Å². The quantitative estimate of drug-likeness (QED) is 0.873. The average Bonchev–Trinajstić information content (AvgIpc) is 2.92. The number of fused-ring (bicyclic) bond motifs is 1. The highest BCUT2D eigenvalue weighted by Crippen LogP contribution is 2.21. The molecular weight excluding hydrogens is 344 g/mol.